The van der Waals surface area contributed by atoms with E-state index in [1.54, 1.807) is 30.2 Å². The Kier molecular flexibility index (Phi) is 7.20. The fourth-order valence-electron chi connectivity index (χ4n) is 4.75. The fourth-order valence-corrected chi connectivity index (χ4v) is 4.75. The van der Waals surface area contributed by atoms with E-state index in [4.69, 9.17) is 9.47 Å². The zero-order valence-electron chi connectivity index (χ0n) is 19.2. The van der Waals surface area contributed by atoms with Crippen LogP contribution in [0.5, 0.6) is 5.75 Å². The third-order valence-corrected chi connectivity index (χ3v) is 6.49. The molecule has 2 aromatic rings. The van der Waals surface area contributed by atoms with Crippen molar-refractivity contribution >= 4 is 17.5 Å². The molecule has 2 unspecified atom stereocenters. The second-order valence-corrected chi connectivity index (χ2v) is 8.55. The van der Waals surface area contributed by atoms with Crippen LogP contribution in [0, 0.1) is 12.8 Å². The Morgan fingerprint density at radius 1 is 1.06 bits per heavy atom. The summed E-state index contributed by atoms with van der Waals surface area (Å²) in [5.41, 5.74) is 2.01. The van der Waals surface area contributed by atoms with Crippen molar-refractivity contribution in [3.63, 3.8) is 0 Å². The first kappa shape index (κ1) is 23.1. The van der Waals surface area contributed by atoms with Crippen molar-refractivity contribution in [1.29, 1.82) is 0 Å². The Morgan fingerprint density at radius 3 is 2.45 bits per heavy atom. The van der Waals surface area contributed by atoms with Gasteiger partial charge in [-0.2, -0.15) is 0 Å². The maximum absolute atomic E-state index is 13.5. The monoisotopic (exact) mass is 450 g/mol. The van der Waals surface area contributed by atoms with Crippen molar-refractivity contribution in [2.24, 2.45) is 5.92 Å². The highest BCUT2D eigenvalue weighted by atomic mass is 16.5. The molecule has 0 N–H and O–H groups in total. The molecular weight excluding hydrogens is 420 g/mol. The van der Waals surface area contributed by atoms with Crippen molar-refractivity contribution in [2.45, 2.75) is 19.4 Å². The van der Waals surface area contributed by atoms with Crippen molar-refractivity contribution in [3.05, 3.63) is 65.2 Å². The van der Waals surface area contributed by atoms with E-state index < -0.39 is 23.7 Å². The van der Waals surface area contributed by atoms with Gasteiger partial charge in [0, 0.05) is 31.7 Å². The van der Waals surface area contributed by atoms with Crippen LogP contribution in [-0.4, -0.2) is 73.8 Å². The van der Waals surface area contributed by atoms with Gasteiger partial charge < -0.3 is 14.4 Å². The van der Waals surface area contributed by atoms with Gasteiger partial charge in [-0.05, 0) is 42.7 Å². The van der Waals surface area contributed by atoms with E-state index in [-0.39, 0.29) is 5.78 Å². The van der Waals surface area contributed by atoms with E-state index >= 15 is 0 Å². The predicted octanol–water partition coefficient (Wildman–Crippen LogP) is 2.68. The van der Waals surface area contributed by atoms with Gasteiger partial charge in [0.1, 0.15) is 11.7 Å². The summed E-state index contributed by atoms with van der Waals surface area (Å²) in [5.74, 6) is -1.92. The van der Waals surface area contributed by atoms with Crippen LogP contribution in [0.2, 0.25) is 0 Å². The third kappa shape index (κ3) is 4.84. The summed E-state index contributed by atoms with van der Waals surface area (Å²) in [6, 6.07) is 13.9. The molecule has 2 aromatic carbocycles. The molecule has 2 fully saturated rings. The molecule has 2 saturated heterocycles. The summed E-state index contributed by atoms with van der Waals surface area (Å²) in [4.78, 5) is 43.6. The van der Waals surface area contributed by atoms with E-state index in [0.717, 1.165) is 37.2 Å². The van der Waals surface area contributed by atoms with Crippen LogP contribution < -0.4 is 4.74 Å². The molecule has 174 valence electrons. The number of carbonyl (C=O) groups is 3. The number of rotatable bonds is 8. The molecule has 2 aliphatic heterocycles. The fraction of sp³-hybridized carbons (Fsp3) is 0.423. The normalized spacial score (nSPS) is 21.5. The molecule has 7 heteroatoms. The minimum Gasteiger partial charge on any atom is -0.496 e. The zero-order chi connectivity index (χ0) is 23.4. The lowest BCUT2D eigenvalue weighted by Gasteiger charge is -2.30. The van der Waals surface area contributed by atoms with E-state index in [2.05, 4.69) is 4.90 Å². The van der Waals surface area contributed by atoms with Crippen LogP contribution >= 0.6 is 0 Å². The summed E-state index contributed by atoms with van der Waals surface area (Å²) < 4.78 is 10.7. The molecule has 0 aliphatic carbocycles. The first-order chi connectivity index (χ1) is 16.0. The number of carbonyl (C=O) groups excluding carboxylic acids is 3. The van der Waals surface area contributed by atoms with Crippen molar-refractivity contribution < 1.29 is 23.9 Å². The number of morpholine rings is 1. The van der Waals surface area contributed by atoms with Crippen LogP contribution in [0.1, 0.15) is 33.9 Å². The lowest BCUT2D eigenvalue weighted by molar-refractivity contribution is -0.140. The van der Waals surface area contributed by atoms with E-state index in [0.29, 0.717) is 31.1 Å². The van der Waals surface area contributed by atoms with Crippen molar-refractivity contribution in [2.75, 3.05) is 46.5 Å². The molecule has 4 rings (SSSR count). The van der Waals surface area contributed by atoms with Gasteiger partial charge in [-0.1, -0.05) is 30.3 Å². The van der Waals surface area contributed by atoms with E-state index in [1.807, 2.05) is 37.3 Å². The quantitative estimate of drug-likeness (QED) is 0.350. The number of benzene rings is 2. The Hall–Kier alpha value is -3.03. The number of methoxy groups -OCH3 is 1. The molecule has 2 heterocycles. The van der Waals surface area contributed by atoms with Gasteiger partial charge in [0.15, 0.2) is 5.78 Å². The second kappa shape index (κ2) is 10.3. The Balaban J connectivity index is 1.59. The van der Waals surface area contributed by atoms with Gasteiger partial charge in [0.05, 0.1) is 26.4 Å². The van der Waals surface area contributed by atoms with Crippen molar-refractivity contribution in [1.82, 2.24) is 9.80 Å². The number of ether oxygens (including phenoxy) is 2. The molecule has 1 amide bonds. The number of amides is 1. The maximum Gasteiger partial charge on any atom is 0.291 e. The van der Waals surface area contributed by atoms with Gasteiger partial charge in [0.2, 0.25) is 5.78 Å². The highest BCUT2D eigenvalue weighted by molar-refractivity contribution is 6.44. The first-order valence-corrected chi connectivity index (χ1v) is 11.4. The van der Waals surface area contributed by atoms with Crippen LogP contribution in [0.25, 0.3) is 0 Å². The lowest BCUT2D eigenvalue weighted by Crippen LogP contribution is -2.39. The molecular formula is C26H30N2O5. The average Bonchev–Trinajstić information content (AvgIpc) is 3.10. The Bertz CT molecular complexity index is 1020. The van der Waals surface area contributed by atoms with Gasteiger partial charge >= 0.3 is 0 Å². The second-order valence-electron chi connectivity index (χ2n) is 8.55. The van der Waals surface area contributed by atoms with Crippen LogP contribution in [0.4, 0.5) is 0 Å². The van der Waals surface area contributed by atoms with E-state index in [1.165, 1.54) is 0 Å². The van der Waals surface area contributed by atoms with Crippen molar-refractivity contribution in [3.8, 4) is 5.75 Å². The smallest absolute Gasteiger partial charge is 0.291 e. The predicted molar refractivity (Wildman–Crippen MR) is 123 cm³/mol. The number of nitrogens with zero attached hydrogens (tertiary/aromatic N) is 2. The number of hydrogen-bond donors (Lipinski definition) is 0. The standard InChI is InChI=1S/C26H30N2O5/c1-18-17-20(9-10-21(18)32-2)24(29)22-23(19-7-4-3-5-8-19)28(26(31)25(22)30)12-6-11-27-13-15-33-16-14-27/h3-5,7-10,17,22-23H,6,11-16H2,1-2H3. The minimum atomic E-state index is -1.06. The molecule has 0 saturated carbocycles. The molecule has 2 aliphatic rings. The third-order valence-electron chi connectivity index (χ3n) is 6.49. The molecule has 0 bridgehead atoms. The molecule has 2 atom stereocenters. The zero-order valence-corrected chi connectivity index (χ0v) is 19.2. The molecule has 0 spiro atoms. The molecule has 0 aromatic heterocycles. The first-order valence-electron chi connectivity index (χ1n) is 11.4. The van der Waals surface area contributed by atoms with Gasteiger partial charge in [-0.3, -0.25) is 19.3 Å². The van der Waals surface area contributed by atoms with Crippen LogP contribution in [-0.2, 0) is 14.3 Å². The Labute approximate surface area is 194 Å². The summed E-state index contributed by atoms with van der Waals surface area (Å²) in [6.45, 7) is 6.26. The number of likely N-dealkylation sites (tertiary alicyclic amines) is 1. The molecule has 33 heavy (non-hydrogen) atoms. The van der Waals surface area contributed by atoms with Gasteiger partial charge in [-0.15, -0.1) is 0 Å². The number of aryl methyl sites for hydroxylation is 1. The number of hydrogen-bond acceptors (Lipinski definition) is 6. The molecule has 7 nitrogen and oxygen atoms in total. The minimum absolute atomic E-state index is 0.330. The maximum atomic E-state index is 13.5. The summed E-state index contributed by atoms with van der Waals surface area (Å²) in [6.07, 6.45) is 0.727. The summed E-state index contributed by atoms with van der Waals surface area (Å²) in [7, 11) is 1.57. The summed E-state index contributed by atoms with van der Waals surface area (Å²) in [5, 5.41) is 0. The van der Waals surface area contributed by atoms with Crippen LogP contribution in [0.15, 0.2) is 48.5 Å². The topological polar surface area (TPSA) is 76.2 Å². The largest absolute Gasteiger partial charge is 0.496 e. The lowest BCUT2D eigenvalue weighted by atomic mass is 9.86. The highest BCUT2D eigenvalue weighted by Gasteiger charge is 2.51. The number of ketones is 2. The SMILES string of the molecule is COc1ccc(C(=O)C2C(=O)C(=O)N(CCCN3CCOCC3)C2c2ccccc2)cc1C. The van der Waals surface area contributed by atoms with Crippen LogP contribution in [0.3, 0.4) is 0 Å². The number of Topliss-reactive ketones (excluding diaryl/α,β-unsaturated/α-hetero) is 2. The molecule has 0 radical (unpaired) electrons. The average molecular weight is 451 g/mol. The van der Waals surface area contributed by atoms with E-state index in [9.17, 15) is 14.4 Å². The summed E-state index contributed by atoms with van der Waals surface area (Å²) >= 11 is 0. The van der Waals surface area contributed by atoms with Gasteiger partial charge in [-0.25, -0.2) is 0 Å². The Morgan fingerprint density at radius 2 is 1.79 bits per heavy atom. The highest BCUT2D eigenvalue weighted by Crippen LogP contribution is 2.38. The van der Waals surface area contributed by atoms with Gasteiger partial charge in [0.25, 0.3) is 5.91 Å².